The Kier molecular flexibility index (Phi) is 3.10. The van der Waals surface area contributed by atoms with Crippen molar-refractivity contribution < 1.29 is 8.42 Å². The third-order valence-electron chi connectivity index (χ3n) is 4.13. The van der Waals surface area contributed by atoms with Crippen molar-refractivity contribution in [3.8, 4) is 0 Å². The molecular formula is C12H18N2O2S2. The van der Waals surface area contributed by atoms with Gasteiger partial charge < -0.3 is 5.10 Å². The van der Waals surface area contributed by atoms with Gasteiger partial charge in [-0.25, -0.2) is 8.42 Å². The maximum Gasteiger partial charge on any atom is 0.152 e. The van der Waals surface area contributed by atoms with E-state index in [9.17, 15) is 8.42 Å². The summed E-state index contributed by atoms with van der Waals surface area (Å²) < 4.78 is 25.7. The first-order valence-corrected chi connectivity index (χ1v) is 8.80. The number of nitrogens with zero attached hydrogens (tertiary/aromatic N) is 1. The van der Waals surface area contributed by atoms with Gasteiger partial charge in [-0.1, -0.05) is 25.1 Å². The van der Waals surface area contributed by atoms with Crippen molar-refractivity contribution in [3.05, 3.63) is 16.4 Å². The first-order chi connectivity index (χ1) is 8.55. The van der Waals surface area contributed by atoms with E-state index < -0.39 is 9.84 Å². The minimum absolute atomic E-state index is 0.0117. The molecule has 6 heteroatoms. The number of aromatic nitrogens is 2. The third-order valence-corrected chi connectivity index (χ3v) is 6.20. The van der Waals surface area contributed by atoms with Crippen LogP contribution in [0.25, 0.3) is 0 Å². The Labute approximate surface area is 112 Å². The normalized spacial score (nSPS) is 27.9. The van der Waals surface area contributed by atoms with Gasteiger partial charge in [0.05, 0.1) is 17.5 Å². The highest BCUT2D eigenvalue weighted by atomic mass is 32.2. The van der Waals surface area contributed by atoms with Gasteiger partial charge in [-0.2, -0.15) is 0 Å². The molecule has 1 saturated carbocycles. The van der Waals surface area contributed by atoms with E-state index >= 15 is 0 Å². The topological polar surface area (TPSA) is 54.9 Å². The molecule has 0 radical (unpaired) electrons. The van der Waals surface area contributed by atoms with E-state index in [4.69, 9.17) is 12.2 Å². The monoisotopic (exact) mass is 286 g/mol. The summed E-state index contributed by atoms with van der Waals surface area (Å²) in [4.78, 5) is 0. The molecular weight excluding hydrogens is 268 g/mol. The number of hydrogen-bond acceptors (Lipinski definition) is 3. The molecule has 1 aromatic heterocycles. The Balaban J connectivity index is 1.87. The van der Waals surface area contributed by atoms with Crippen LogP contribution in [0.5, 0.6) is 0 Å². The van der Waals surface area contributed by atoms with Crippen LogP contribution in [0.15, 0.2) is 6.07 Å². The van der Waals surface area contributed by atoms with Crippen molar-refractivity contribution in [3.63, 3.8) is 0 Å². The zero-order chi connectivity index (χ0) is 12.8. The van der Waals surface area contributed by atoms with Crippen LogP contribution in [0.1, 0.15) is 49.8 Å². The number of hydrogen-bond donors (Lipinski definition) is 1. The van der Waals surface area contributed by atoms with Crippen molar-refractivity contribution >= 4 is 22.1 Å². The Hall–Kier alpha value is -0.620. The van der Waals surface area contributed by atoms with Crippen molar-refractivity contribution in [2.24, 2.45) is 0 Å². The molecule has 3 rings (SSSR count). The van der Waals surface area contributed by atoms with E-state index in [1.165, 1.54) is 31.4 Å². The van der Waals surface area contributed by atoms with Gasteiger partial charge in [-0.15, -0.1) is 0 Å². The van der Waals surface area contributed by atoms with Crippen LogP contribution in [0, 0.1) is 4.64 Å². The minimum Gasteiger partial charge on any atom is -0.301 e. The van der Waals surface area contributed by atoms with Gasteiger partial charge in [0.25, 0.3) is 0 Å². The predicted octanol–water partition coefficient (Wildman–Crippen LogP) is 2.56. The van der Waals surface area contributed by atoms with Gasteiger partial charge in [-0.05, 0) is 25.3 Å². The van der Waals surface area contributed by atoms with Gasteiger partial charge in [0.2, 0.25) is 0 Å². The molecule has 1 aliphatic carbocycles. The third kappa shape index (κ3) is 2.28. The van der Waals surface area contributed by atoms with E-state index in [1.807, 2.05) is 10.7 Å². The first-order valence-electron chi connectivity index (χ1n) is 6.57. The van der Waals surface area contributed by atoms with Crippen LogP contribution in [0.3, 0.4) is 0 Å². The van der Waals surface area contributed by atoms with Gasteiger partial charge in [-0.3, -0.25) is 4.68 Å². The molecule has 0 amide bonds. The number of sulfone groups is 1. The van der Waals surface area contributed by atoms with Crippen LogP contribution in [-0.4, -0.2) is 29.7 Å². The van der Waals surface area contributed by atoms with Crippen LogP contribution >= 0.6 is 12.2 Å². The lowest BCUT2D eigenvalue weighted by Gasteiger charge is -2.11. The number of rotatable bonds is 2. The van der Waals surface area contributed by atoms with E-state index in [0.29, 0.717) is 12.3 Å². The summed E-state index contributed by atoms with van der Waals surface area (Å²) in [6.07, 6.45) is 5.69. The largest absolute Gasteiger partial charge is 0.301 e. The zero-order valence-corrected chi connectivity index (χ0v) is 11.9. The second-order valence-electron chi connectivity index (χ2n) is 5.46. The van der Waals surface area contributed by atoms with Gasteiger partial charge in [0.15, 0.2) is 9.84 Å². The number of H-pyrrole nitrogens is 1. The molecule has 0 bridgehead atoms. The molecule has 0 spiro atoms. The molecule has 4 nitrogen and oxygen atoms in total. The summed E-state index contributed by atoms with van der Waals surface area (Å²) >= 11 is 5.36. The smallest absolute Gasteiger partial charge is 0.152 e. The second kappa shape index (κ2) is 4.49. The molecule has 2 fully saturated rings. The average molecular weight is 286 g/mol. The molecule has 1 unspecified atom stereocenters. The number of aromatic amines is 1. The van der Waals surface area contributed by atoms with Gasteiger partial charge in [0, 0.05) is 11.6 Å². The lowest BCUT2D eigenvalue weighted by Crippen LogP contribution is -2.13. The van der Waals surface area contributed by atoms with E-state index in [2.05, 4.69) is 5.10 Å². The molecule has 1 aromatic rings. The van der Waals surface area contributed by atoms with Crippen LogP contribution in [0.4, 0.5) is 0 Å². The maximum absolute atomic E-state index is 11.5. The number of nitrogens with one attached hydrogen (secondary N) is 1. The summed E-state index contributed by atoms with van der Waals surface area (Å²) in [6, 6.07) is 2.04. The molecule has 2 heterocycles. The molecule has 0 aromatic carbocycles. The lowest BCUT2D eigenvalue weighted by molar-refractivity contribution is 0.484. The Morgan fingerprint density at radius 1 is 1.28 bits per heavy atom. The highest BCUT2D eigenvalue weighted by Gasteiger charge is 2.30. The summed E-state index contributed by atoms with van der Waals surface area (Å²) in [5.41, 5.74) is 1.20. The lowest BCUT2D eigenvalue weighted by atomic mass is 10.1. The summed E-state index contributed by atoms with van der Waals surface area (Å²) in [5.74, 6) is 1.11. The Bertz CT molecular complexity index is 594. The maximum atomic E-state index is 11.5. The van der Waals surface area contributed by atoms with Gasteiger partial charge >= 0.3 is 0 Å². The zero-order valence-electron chi connectivity index (χ0n) is 10.3. The first kappa shape index (κ1) is 12.4. The molecule has 1 aliphatic heterocycles. The van der Waals surface area contributed by atoms with E-state index in [0.717, 1.165) is 4.64 Å². The van der Waals surface area contributed by atoms with Crippen molar-refractivity contribution in [1.82, 2.24) is 9.78 Å². The minimum atomic E-state index is -2.86. The molecule has 1 saturated heterocycles. The standard InChI is InChI=1S/C12H18N2O2S2/c15-18(16)6-5-10(8-18)14-12(17)7-11(13-14)9-3-1-2-4-9/h7,9-10,13H,1-6,8H2. The van der Waals surface area contributed by atoms with E-state index in [1.54, 1.807) is 0 Å². The Morgan fingerprint density at radius 3 is 2.61 bits per heavy atom. The second-order valence-corrected chi connectivity index (χ2v) is 8.10. The van der Waals surface area contributed by atoms with Crippen LogP contribution in [0.2, 0.25) is 0 Å². The fraction of sp³-hybridized carbons (Fsp3) is 0.750. The summed E-state index contributed by atoms with van der Waals surface area (Å²) in [7, 11) is -2.86. The molecule has 2 aliphatic rings. The quantitative estimate of drug-likeness (QED) is 0.850. The van der Waals surface area contributed by atoms with Crippen molar-refractivity contribution in [2.45, 2.75) is 44.1 Å². The van der Waals surface area contributed by atoms with Gasteiger partial charge in [0.1, 0.15) is 4.64 Å². The van der Waals surface area contributed by atoms with Crippen LogP contribution in [-0.2, 0) is 9.84 Å². The fourth-order valence-electron chi connectivity index (χ4n) is 3.13. The molecule has 100 valence electrons. The van der Waals surface area contributed by atoms with Crippen LogP contribution < -0.4 is 0 Å². The molecule has 1 atom stereocenters. The fourth-order valence-corrected chi connectivity index (χ4v) is 5.15. The molecule has 1 N–H and O–H groups in total. The Morgan fingerprint density at radius 2 is 2.00 bits per heavy atom. The van der Waals surface area contributed by atoms with Crippen molar-refractivity contribution in [2.75, 3.05) is 11.5 Å². The summed E-state index contributed by atoms with van der Waals surface area (Å²) in [5, 5.41) is 3.35. The average Bonchev–Trinajstić information content (AvgIpc) is 2.97. The predicted molar refractivity (Wildman–Crippen MR) is 73.1 cm³/mol. The van der Waals surface area contributed by atoms with E-state index in [-0.39, 0.29) is 17.5 Å². The van der Waals surface area contributed by atoms with Crippen molar-refractivity contribution in [1.29, 1.82) is 0 Å². The highest BCUT2D eigenvalue weighted by Crippen LogP contribution is 2.34. The summed E-state index contributed by atoms with van der Waals surface area (Å²) in [6.45, 7) is 0. The highest BCUT2D eigenvalue weighted by molar-refractivity contribution is 7.91. The SMILES string of the molecule is O=S1(=O)CCC(n2[nH]c(C3CCCC3)cc2=S)C1. The molecule has 18 heavy (non-hydrogen) atoms.